The average molecular weight is 323 g/mol. The number of nitrogens with two attached hydrogens (primary N) is 1. The molecular weight excluding hydrogens is 306 g/mol. The van der Waals surface area contributed by atoms with Crippen LogP contribution in [0.1, 0.15) is 22.0 Å². The van der Waals surface area contributed by atoms with Crippen molar-refractivity contribution in [3.05, 3.63) is 65.7 Å². The summed E-state index contributed by atoms with van der Waals surface area (Å²) >= 11 is 0. The SMILES string of the molecule is CO[C@@H](Cn1nnc(-c2ccc(C(N)=O)cc2)n1)c1ccccc1. The predicted molar refractivity (Wildman–Crippen MR) is 88.0 cm³/mol. The summed E-state index contributed by atoms with van der Waals surface area (Å²) in [6.45, 7) is 0.451. The molecule has 2 N–H and O–H groups in total. The Bertz CT molecular complexity index is 815. The fraction of sp³-hybridized carbons (Fsp3) is 0.176. The van der Waals surface area contributed by atoms with Crippen LogP contribution in [0.2, 0.25) is 0 Å². The van der Waals surface area contributed by atoms with Gasteiger partial charge in [-0.2, -0.15) is 4.80 Å². The lowest BCUT2D eigenvalue weighted by Gasteiger charge is -2.14. The van der Waals surface area contributed by atoms with Crippen molar-refractivity contribution in [3.8, 4) is 11.4 Å². The minimum Gasteiger partial charge on any atom is -0.375 e. The van der Waals surface area contributed by atoms with Crippen LogP contribution in [0, 0.1) is 0 Å². The molecule has 0 radical (unpaired) electrons. The van der Waals surface area contributed by atoms with Gasteiger partial charge in [-0.1, -0.05) is 42.5 Å². The topological polar surface area (TPSA) is 95.9 Å². The summed E-state index contributed by atoms with van der Waals surface area (Å²) in [6.07, 6.45) is -0.162. The van der Waals surface area contributed by atoms with Gasteiger partial charge in [-0.3, -0.25) is 4.79 Å². The van der Waals surface area contributed by atoms with Crippen molar-refractivity contribution >= 4 is 5.91 Å². The molecule has 0 bridgehead atoms. The van der Waals surface area contributed by atoms with Crippen LogP contribution in [-0.2, 0) is 11.3 Å². The number of hydrogen-bond donors (Lipinski definition) is 1. The Labute approximate surface area is 139 Å². The monoisotopic (exact) mass is 323 g/mol. The molecule has 0 saturated carbocycles. The molecule has 0 fully saturated rings. The fourth-order valence-electron chi connectivity index (χ4n) is 2.35. The smallest absolute Gasteiger partial charge is 0.248 e. The van der Waals surface area contributed by atoms with Gasteiger partial charge in [0.1, 0.15) is 6.10 Å². The molecule has 1 atom stereocenters. The molecule has 0 unspecified atom stereocenters. The third-order valence-corrected chi connectivity index (χ3v) is 3.67. The molecule has 7 nitrogen and oxygen atoms in total. The Morgan fingerprint density at radius 1 is 1.17 bits per heavy atom. The Morgan fingerprint density at radius 2 is 1.88 bits per heavy atom. The highest BCUT2D eigenvalue weighted by Gasteiger charge is 2.14. The van der Waals surface area contributed by atoms with E-state index < -0.39 is 5.91 Å². The van der Waals surface area contributed by atoms with Crippen molar-refractivity contribution in [3.63, 3.8) is 0 Å². The molecule has 0 aliphatic carbocycles. The minimum absolute atomic E-state index is 0.162. The molecule has 1 aromatic heterocycles. The van der Waals surface area contributed by atoms with Crippen LogP contribution >= 0.6 is 0 Å². The van der Waals surface area contributed by atoms with E-state index in [4.69, 9.17) is 10.5 Å². The van der Waals surface area contributed by atoms with Crippen molar-refractivity contribution < 1.29 is 9.53 Å². The number of tetrazole rings is 1. The van der Waals surface area contributed by atoms with Crippen LogP contribution in [-0.4, -0.2) is 33.2 Å². The van der Waals surface area contributed by atoms with Gasteiger partial charge in [0.05, 0.1) is 6.54 Å². The first-order chi connectivity index (χ1) is 11.7. The number of ether oxygens (including phenoxy) is 1. The van der Waals surface area contributed by atoms with Gasteiger partial charge in [-0.15, -0.1) is 10.2 Å². The van der Waals surface area contributed by atoms with E-state index in [0.29, 0.717) is 17.9 Å². The van der Waals surface area contributed by atoms with E-state index in [1.807, 2.05) is 30.3 Å². The number of amides is 1. The van der Waals surface area contributed by atoms with E-state index >= 15 is 0 Å². The van der Waals surface area contributed by atoms with Crippen molar-refractivity contribution in [2.24, 2.45) is 5.73 Å². The third kappa shape index (κ3) is 3.47. The van der Waals surface area contributed by atoms with Gasteiger partial charge in [0.2, 0.25) is 11.7 Å². The van der Waals surface area contributed by atoms with Gasteiger partial charge >= 0.3 is 0 Å². The quantitative estimate of drug-likeness (QED) is 0.746. The second-order valence-corrected chi connectivity index (χ2v) is 5.24. The van der Waals surface area contributed by atoms with E-state index in [1.165, 1.54) is 4.80 Å². The lowest BCUT2D eigenvalue weighted by atomic mass is 10.1. The summed E-state index contributed by atoms with van der Waals surface area (Å²) in [7, 11) is 1.65. The zero-order valence-electron chi connectivity index (χ0n) is 13.2. The van der Waals surface area contributed by atoms with Crippen LogP contribution in [0.3, 0.4) is 0 Å². The maximum atomic E-state index is 11.1. The molecule has 3 rings (SSSR count). The van der Waals surface area contributed by atoms with E-state index in [2.05, 4.69) is 15.4 Å². The molecular formula is C17H17N5O2. The Morgan fingerprint density at radius 3 is 2.50 bits per heavy atom. The molecule has 2 aromatic carbocycles. The largest absolute Gasteiger partial charge is 0.375 e. The summed E-state index contributed by atoms with van der Waals surface area (Å²) in [5.41, 5.74) is 7.48. The van der Waals surface area contributed by atoms with Crippen LogP contribution in [0.4, 0.5) is 0 Å². The Balaban J connectivity index is 1.76. The molecule has 0 saturated heterocycles. The molecule has 1 amide bonds. The maximum Gasteiger partial charge on any atom is 0.248 e. The Hall–Kier alpha value is -3.06. The highest BCUT2D eigenvalue weighted by atomic mass is 16.5. The zero-order chi connectivity index (χ0) is 16.9. The summed E-state index contributed by atoms with van der Waals surface area (Å²) in [5.74, 6) is 0.0119. The standard InChI is InChI=1S/C17H17N5O2/c1-24-15(12-5-3-2-4-6-12)11-22-20-17(19-21-22)14-9-7-13(8-10-14)16(18)23/h2-10,15H,11H2,1H3,(H2,18,23)/t15-/m0/s1. The van der Waals surface area contributed by atoms with Gasteiger partial charge in [-0.05, 0) is 22.9 Å². The van der Waals surface area contributed by atoms with Crippen LogP contribution in [0.25, 0.3) is 11.4 Å². The Kier molecular flexibility index (Phi) is 4.62. The van der Waals surface area contributed by atoms with Crippen molar-refractivity contribution in [2.75, 3.05) is 7.11 Å². The minimum atomic E-state index is -0.469. The maximum absolute atomic E-state index is 11.1. The molecule has 122 valence electrons. The number of hydrogen-bond acceptors (Lipinski definition) is 5. The first kappa shape index (κ1) is 15.8. The van der Waals surface area contributed by atoms with Crippen LogP contribution in [0.5, 0.6) is 0 Å². The van der Waals surface area contributed by atoms with E-state index in [1.54, 1.807) is 31.4 Å². The van der Waals surface area contributed by atoms with Crippen LogP contribution < -0.4 is 5.73 Å². The van der Waals surface area contributed by atoms with Crippen molar-refractivity contribution in [1.29, 1.82) is 0 Å². The first-order valence-corrected chi connectivity index (χ1v) is 7.43. The summed E-state index contributed by atoms with van der Waals surface area (Å²) < 4.78 is 5.52. The third-order valence-electron chi connectivity index (χ3n) is 3.67. The lowest BCUT2D eigenvalue weighted by molar-refractivity contribution is 0.0801. The predicted octanol–water partition coefficient (Wildman–Crippen LogP) is 1.83. The summed E-state index contributed by atoms with van der Waals surface area (Å²) in [5, 5.41) is 12.5. The molecule has 1 heterocycles. The molecule has 7 heteroatoms. The number of carbonyl (C=O) groups is 1. The van der Waals surface area contributed by atoms with Crippen molar-refractivity contribution in [2.45, 2.75) is 12.6 Å². The van der Waals surface area contributed by atoms with Gasteiger partial charge in [0, 0.05) is 18.2 Å². The summed E-state index contributed by atoms with van der Waals surface area (Å²) in [6, 6.07) is 16.6. The molecule has 0 aliphatic rings. The van der Waals surface area contributed by atoms with Gasteiger partial charge in [0.25, 0.3) is 0 Å². The van der Waals surface area contributed by atoms with Gasteiger partial charge < -0.3 is 10.5 Å². The molecule has 0 aliphatic heterocycles. The van der Waals surface area contributed by atoms with E-state index in [-0.39, 0.29) is 6.10 Å². The second-order valence-electron chi connectivity index (χ2n) is 5.24. The number of nitrogens with zero attached hydrogens (tertiary/aromatic N) is 4. The second kappa shape index (κ2) is 7.01. The lowest BCUT2D eigenvalue weighted by Crippen LogP contribution is -2.13. The number of primary amides is 1. The number of aromatic nitrogens is 4. The van der Waals surface area contributed by atoms with E-state index in [9.17, 15) is 4.79 Å². The molecule has 3 aromatic rings. The number of rotatable bonds is 6. The highest BCUT2D eigenvalue weighted by Crippen LogP contribution is 2.19. The first-order valence-electron chi connectivity index (χ1n) is 7.43. The molecule has 0 spiro atoms. The number of carbonyl (C=O) groups excluding carboxylic acids is 1. The van der Waals surface area contributed by atoms with Gasteiger partial charge in [0.15, 0.2) is 0 Å². The van der Waals surface area contributed by atoms with Gasteiger partial charge in [-0.25, -0.2) is 0 Å². The number of benzene rings is 2. The molecule has 24 heavy (non-hydrogen) atoms. The number of methoxy groups -OCH3 is 1. The van der Waals surface area contributed by atoms with E-state index in [0.717, 1.165) is 11.1 Å². The fourth-order valence-corrected chi connectivity index (χ4v) is 2.35. The average Bonchev–Trinajstić information content (AvgIpc) is 3.09. The van der Waals surface area contributed by atoms with Crippen molar-refractivity contribution in [1.82, 2.24) is 20.2 Å². The zero-order valence-corrected chi connectivity index (χ0v) is 13.2. The summed E-state index contributed by atoms with van der Waals surface area (Å²) in [4.78, 5) is 12.6. The van der Waals surface area contributed by atoms with Crippen LogP contribution in [0.15, 0.2) is 54.6 Å². The highest BCUT2D eigenvalue weighted by molar-refractivity contribution is 5.93. The normalized spacial score (nSPS) is 12.0.